The normalized spacial score (nSPS) is 15.9. The summed E-state index contributed by atoms with van der Waals surface area (Å²) in [7, 11) is 0. The summed E-state index contributed by atoms with van der Waals surface area (Å²) in [5, 5.41) is 0. The molecule has 18 heavy (non-hydrogen) atoms. The highest BCUT2D eigenvalue weighted by Crippen LogP contribution is 2.26. The molecule has 1 fully saturated rings. The van der Waals surface area contributed by atoms with Crippen LogP contribution in [-0.2, 0) is 0 Å². The molecule has 1 aromatic carbocycles. The van der Waals surface area contributed by atoms with Crippen molar-refractivity contribution >= 4 is 18.5 Å². The van der Waals surface area contributed by atoms with Crippen molar-refractivity contribution in [3.8, 4) is 0 Å². The lowest BCUT2D eigenvalue weighted by Gasteiger charge is -2.28. The Bertz CT molecular complexity index is 438. The van der Waals surface area contributed by atoms with Crippen molar-refractivity contribution in [3.05, 3.63) is 29.3 Å². The standard InChI is InChI=1S/C15H21NOS/c1-3-16(12-6-4-5-7-12)15(17)14-10-13(18)9-8-11(14)2/h8-10,12,18H,3-7H2,1-2H3. The molecule has 0 aliphatic heterocycles. The third-order valence-corrected chi connectivity index (χ3v) is 4.10. The summed E-state index contributed by atoms with van der Waals surface area (Å²) in [5.41, 5.74) is 1.84. The van der Waals surface area contributed by atoms with Crippen LogP contribution in [0.2, 0.25) is 0 Å². The van der Waals surface area contributed by atoms with Gasteiger partial charge < -0.3 is 4.90 Å². The second-order valence-corrected chi connectivity index (χ2v) is 5.55. The first-order valence-corrected chi connectivity index (χ1v) is 7.18. The molecule has 1 amide bonds. The molecule has 0 N–H and O–H groups in total. The second-order valence-electron chi connectivity index (χ2n) is 5.03. The predicted molar refractivity (Wildman–Crippen MR) is 77.4 cm³/mol. The van der Waals surface area contributed by atoms with Crippen molar-refractivity contribution < 1.29 is 4.79 Å². The van der Waals surface area contributed by atoms with E-state index in [0.717, 1.165) is 35.4 Å². The highest BCUT2D eigenvalue weighted by Gasteiger charge is 2.26. The third-order valence-electron chi connectivity index (χ3n) is 3.82. The first kappa shape index (κ1) is 13.5. The molecule has 0 aromatic heterocycles. The van der Waals surface area contributed by atoms with Gasteiger partial charge in [-0.25, -0.2) is 0 Å². The Hall–Kier alpha value is -0.960. The van der Waals surface area contributed by atoms with Crippen LogP contribution in [0.5, 0.6) is 0 Å². The lowest BCUT2D eigenvalue weighted by atomic mass is 10.1. The molecular formula is C15H21NOS. The van der Waals surface area contributed by atoms with Crippen LogP contribution in [-0.4, -0.2) is 23.4 Å². The van der Waals surface area contributed by atoms with Crippen molar-refractivity contribution in [1.82, 2.24) is 4.90 Å². The summed E-state index contributed by atoms with van der Waals surface area (Å²) in [6.45, 7) is 4.85. The zero-order chi connectivity index (χ0) is 13.1. The molecule has 0 spiro atoms. The molecule has 0 heterocycles. The maximum absolute atomic E-state index is 12.6. The van der Waals surface area contributed by atoms with E-state index in [1.165, 1.54) is 12.8 Å². The van der Waals surface area contributed by atoms with E-state index in [1.807, 2.05) is 30.0 Å². The predicted octanol–water partition coefficient (Wildman–Crippen LogP) is 3.69. The Kier molecular flexibility index (Phi) is 4.33. The Morgan fingerprint density at radius 3 is 2.67 bits per heavy atom. The van der Waals surface area contributed by atoms with Gasteiger partial charge >= 0.3 is 0 Å². The van der Waals surface area contributed by atoms with Crippen molar-refractivity contribution in [2.24, 2.45) is 0 Å². The topological polar surface area (TPSA) is 20.3 Å². The van der Waals surface area contributed by atoms with Crippen molar-refractivity contribution in [2.75, 3.05) is 6.54 Å². The molecular weight excluding hydrogens is 242 g/mol. The first-order valence-electron chi connectivity index (χ1n) is 6.74. The van der Waals surface area contributed by atoms with Gasteiger partial charge in [0.25, 0.3) is 5.91 Å². The lowest BCUT2D eigenvalue weighted by molar-refractivity contribution is 0.0692. The molecule has 98 valence electrons. The average molecular weight is 263 g/mol. The number of thiol groups is 1. The number of carbonyl (C=O) groups excluding carboxylic acids is 1. The van der Waals surface area contributed by atoms with E-state index in [0.29, 0.717) is 6.04 Å². The van der Waals surface area contributed by atoms with Crippen LogP contribution >= 0.6 is 12.6 Å². The minimum Gasteiger partial charge on any atom is -0.336 e. The Balaban J connectivity index is 2.25. The molecule has 0 unspecified atom stereocenters. The molecule has 1 aliphatic carbocycles. The van der Waals surface area contributed by atoms with Crippen LogP contribution in [0.4, 0.5) is 0 Å². The second kappa shape index (κ2) is 5.79. The average Bonchev–Trinajstić information content (AvgIpc) is 2.87. The van der Waals surface area contributed by atoms with Crippen molar-refractivity contribution in [1.29, 1.82) is 0 Å². The highest BCUT2D eigenvalue weighted by molar-refractivity contribution is 7.80. The van der Waals surface area contributed by atoms with Crippen LogP contribution in [0.15, 0.2) is 23.1 Å². The van der Waals surface area contributed by atoms with Gasteiger partial charge in [-0.3, -0.25) is 4.79 Å². The van der Waals surface area contributed by atoms with Gasteiger partial charge in [0.15, 0.2) is 0 Å². The van der Waals surface area contributed by atoms with Crippen molar-refractivity contribution in [3.63, 3.8) is 0 Å². The van der Waals surface area contributed by atoms with E-state index in [1.54, 1.807) is 0 Å². The van der Waals surface area contributed by atoms with Crippen LogP contribution in [0.25, 0.3) is 0 Å². The summed E-state index contributed by atoms with van der Waals surface area (Å²) in [6.07, 6.45) is 4.80. The molecule has 2 rings (SSSR count). The van der Waals surface area contributed by atoms with Crippen LogP contribution in [0, 0.1) is 6.92 Å². The van der Waals surface area contributed by atoms with Crippen molar-refractivity contribution in [2.45, 2.75) is 50.5 Å². The SMILES string of the molecule is CCN(C(=O)c1cc(S)ccc1C)C1CCCC1. The summed E-state index contributed by atoms with van der Waals surface area (Å²) in [6, 6.07) is 6.22. The minimum atomic E-state index is 0.165. The number of nitrogens with zero attached hydrogens (tertiary/aromatic N) is 1. The molecule has 2 nitrogen and oxygen atoms in total. The molecule has 0 atom stereocenters. The van der Waals surface area contributed by atoms with Gasteiger partial charge in [-0.05, 0) is 44.4 Å². The molecule has 1 aliphatic rings. The van der Waals surface area contributed by atoms with E-state index < -0.39 is 0 Å². The first-order chi connectivity index (χ1) is 8.63. The van der Waals surface area contributed by atoms with Gasteiger partial charge in [-0.15, -0.1) is 12.6 Å². The van der Waals surface area contributed by atoms with Gasteiger partial charge in [0.1, 0.15) is 0 Å². The molecule has 3 heteroatoms. The van der Waals surface area contributed by atoms with Gasteiger partial charge in [0.2, 0.25) is 0 Å². The van der Waals surface area contributed by atoms with E-state index in [2.05, 4.69) is 19.6 Å². The number of carbonyl (C=O) groups is 1. The fraction of sp³-hybridized carbons (Fsp3) is 0.533. The maximum atomic E-state index is 12.6. The fourth-order valence-electron chi connectivity index (χ4n) is 2.78. The minimum absolute atomic E-state index is 0.165. The largest absolute Gasteiger partial charge is 0.336 e. The molecule has 1 saturated carbocycles. The number of rotatable bonds is 3. The van der Waals surface area contributed by atoms with E-state index in [9.17, 15) is 4.79 Å². The highest BCUT2D eigenvalue weighted by atomic mass is 32.1. The quantitative estimate of drug-likeness (QED) is 0.825. The number of aryl methyl sites for hydroxylation is 1. The number of amides is 1. The Labute approximate surface area is 115 Å². The summed E-state index contributed by atoms with van der Waals surface area (Å²) in [5.74, 6) is 0.165. The van der Waals surface area contributed by atoms with E-state index in [-0.39, 0.29) is 5.91 Å². The molecule has 0 radical (unpaired) electrons. The summed E-state index contributed by atoms with van der Waals surface area (Å²) >= 11 is 4.33. The molecule has 1 aromatic rings. The third kappa shape index (κ3) is 2.72. The van der Waals surface area contributed by atoms with E-state index in [4.69, 9.17) is 0 Å². The monoisotopic (exact) mass is 263 g/mol. The van der Waals surface area contributed by atoms with Gasteiger partial charge in [-0.1, -0.05) is 18.9 Å². The van der Waals surface area contributed by atoms with Gasteiger partial charge in [-0.2, -0.15) is 0 Å². The van der Waals surface area contributed by atoms with Crippen LogP contribution in [0.3, 0.4) is 0 Å². The summed E-state index contributed by atoms with van der Waals surface area (Å²) < 4.78 is 0. The zero-order valence-corrected chi connectivity index (χ0v) is 12.0. The maximum Gasteiger partial charge on any atom is 0.254 e. The van der Waals surface area contributed by atoms with E-state index >= 15 is 0 Å². The number of hydrogen-bond donors (Lipinski definition) is 1. The van der Waals surface area contributed by atoms with Crippen LogP contribution in [0.1, 0.15) is 48.5 Å². The Morgan fingerprint density at radius 2 is 2.06 bits per heavy atom. The van der Waals surface area contributed by atoms with Crippen LogP contribution < -0.4 is 0 Å². The zero-order valence-electron chi connectivity index (χ0n) is 11.1. The Morgan fingerprint density at radius 1 is 1.39 bits per heavy atom. The van der Waals surface area contributed by atoms with Gasteiger partial charge in [0.05, 0.1) is 0 Å². The van der Waals surface area contributed by atoms with Gasteiger partial charge in [0, 0.05) is 23.0 Å². The molecule has 0 bridgehead atoms. The number of hydrogen-bond acceptors (Lipinski definition) is 2. The fourth-order valence-corrected chi connectivity index (χ4v) is 2.98. The smallest absolute Gasteiger partial charge is 0.254 e. The molecule has 0 saturated heterocycles. The summed E-state index contributed by atoms with van der Waals surface area (Å²) in [4.78, 5) is 15.5. The lowest BCUT2D eigenvalue weighted by Crippen LogP contribution is -2.38. The number of benzene rings is 1.